The summed E-state index contributed by atoms with van der Waals surface area (Å²) in [5, 5.41) is 3.08. The van der Waals surface area contributed by atoms with Gasteiger partial charge in [0.15, 0.2) is 0 Å². The van der Waals surface area contributed by atoms with Crippen molar-refractivity contribution in [3.05, 3.63) is 135 Å². The van der Waals surface area contributed by atoms with Crippen molar-refractivity contribution in [3.8, 4) is 79.0 Å². The molecule has 3 aromatic carbocycles. The van der Waals surface area contributed by atoms with Gasteiger partial charge in [-0.05, 0) is 164 Å². The number of ether oxygens (including phenoxy) is 5. The van der Waals surface area contributed by atoms with Crippen LogP contribution in [0.15, 0.2) is 72.8 Å². The first-order valence-corrected chi connectivity index (χ1v) is 34.0. The molecule has 0 radical (unpaired) electrons. The number of hydrogen-bond acceptors (Lipinski definition) is 19. The summed E-state index contributed by atoms with van der Waals surface area (Å²) in [6, 6.07) is 23.1. The highest BCUT2D eigenvalue weighted by Crippen LogP contribution is 2.26. The van der Waals surface area contributed by atoms with E-state index in [1.54, 1.807) is 53.4 Å². The highest BCUT2D eigenvalue weighted by molar-refractivity contribution is 5.71. The molecule has 3 atom stereocenters. The normalized spacial score (nSPS) is 11.0. The van der Waals surface area contributed by atoms with Gasteiger partial charge in [0.25, 0.3) is 0 Å². The van der Waals surface area contributed by atoms with E-state index < -0.39 is 0 Å². The van der Waals surface area contributed by atoms with E-state index >= 15 is 0 Å². The molecule has 104 heavy (non-hydrogen) atoms. The number of aryl methyl sites for hydroxylation is 4. The maximum Gasteiger partial charge on any atom is 0.414 e. The summed E-state index contributed by atoms with van der Waals surface area (Å²) >= 11 is 0. The lowest BCUT2D eigenvalue weighted by Gasteiger charge is -2.23. The van der Waals surface area contributed by atoms with Crippen molar-refractivity contribution in [2.45, 2.75) is 135 Å². The number of hydrogen-bond donors (Lipinski definition) is 1. The zero-order valence-corrected chi connectivity index (χ0v) is 64.8. The zero-order valence-electron chi connectivity index (χ0n) is 64.8. The Hall–Kier alpha value is -10.2. The first kappa shape index (κ1) is 93.8. The monoisotopic (exact) mass is 1430 g/mol. The van der Waals surface area contributed by atoms with Gasteiger partial charge in [-0.25, -0.2) is 24.0 Å². The van der Waals surface area contributed by atoms with Crippen LogP contribution in [-0.4, -0.2) is 223 Å². The lowest BCUT2D eigenvalue weighted by atomic mass is 10.1. The van der Waals surface area contributed by atoms with Gasteiger partial charge in [0.05, 0.1) is 78.3 Å². The molecule has 1 unspecified atom stereocenters. The fraction of sp³-hybridized carbons (Fsp3) is 0.487. The largest absolute Gasteiger partial charge is 0.443 e. The SMILES string of the molecule is C.C#CCN(C)C(C)c1cccc(OC(=O)N(C)CC)c1.C#CCN(C)Cc1nc(C)c(COC(=O)N(C)CC)nc1C.C#CCN(C)[C@@H](C)c1cccc(OC(=O)N(C)CC)c1.C#CCN(C)[C@H](C)c1cccc(OC(=O)N(C)CC)c1.C#CCNCc1nc(C)c(COC(=O)N(C)CC)nc1C. The van der Waals surface area contributed by atoms with Crippen molar-refractivity contribution in [2.24, 2.45) is 0 Å². The Morgan fingerprint density at radius 3 is 0.990 bits per heavy atom. The van der Waals surface area contributed by atoms with Crippen LogP contribution in [-0.2, 0) is 35.8 Å². The molecule has 24 heteroatoms. The van der Waals surface area contributed by atoms with Gasteiger partial charge in [-0.1, -0.05) is 73.4 Å². The first-order chi connectivity index (χ1) is 48.8. The van der Waals surface area contributed by atoms with Crippen LogP contribution in [0.4, 0.5) is 24.0 Å². The highest BCUT2D eigenvalue weighted by atomic mass is 16.6. The van der Waals surface area contributed by atoms with Gasteiger partial charge >= 0.3 is 30.5 Å². The Labute approximate surface area is 622 Å². The molecule has 566 valence electrons. The van der Waals surface area contributed by atoms with Gasteiger partial charge in [0, 0.05) is 99.2 Å². The Morgan fingerprint density at radius 1 is 0.413 bits per heavy atom. The minimum Gasteiger partial charge on any atom is -0.443 e. The third-order valence-electron chi connectivity index (χ3n) is 16.4. The van der Waals surface area contributed by atoms with Crippen molar-refractivity contribution in [1.82, 2.24) is 69.4 Å². The van der Waals surface area contributed by atoms with Crippen LogP contribution in [0.25, 0.3) is 0 Å². The van der Waals surface area contributed by atoms with Crippen LogP contribution < -0.4 is 19.5 Å². The number of nitrogens with zero attached hydrogens (tertiary/aromatic N) is 13. The summed E-state index contributed by atoms with van der Waals surface area (Å²) in [6.07, 6.45) is 24.7. The summed E-state index contributed by atoms with van der Waals surface area (Å²) in [6.45, 7) is 30.4. The Kier molecular flexibility index (Phi) is 46.0. The molecule has 0 saturated carbocycles. The predicted octanol–water partition coefficient (Wildman–Crippen LogP) is 12.1. The van der Waals surface area contributed by atoms with Crippen molar-refractivity contribution < 1.29 is 47.7 Å². The summed E-state index contributed by atoms with van der Waals surface area (Å²) in [5.74, 6) is 14.6. The fourth-order valence-corrected chi connectivity index (χ4v) is 8.48. The molecule has 0 fully saturated rings. The number of aromatic nitrogens is 4. The second-order valence-corrected chi connectivity index (χ2v) is 24.1. The van der Waals surface area contributed by atoms with E-state index in [2.05, 4.69) is 90.3 Å². The van der Waals surface area contributed by atoms with Gasteiger partial charge in [-0.15, -0.1) is 32.1 Å². The molecule has 0 aliphatic rings. The van der Waals surface area contributed by atoms with Crippen LogP contribution in [0.2, 0.25) is 0 Å². The zero-order chi connectivity index (χ0) is 77.9. The number of carbonyl (C=O) groups is 5. The van der Waals surface area contributed by atoms with E-state index in [9.17, 15) is 24.0 Å². The minimum atomic E-state index is -0.365. The molecule has 0 aliphatic carbocycles. The smallest absolute Gasteiger partial charge is 0.414 e. The number of terminal acetylenes is 5. The second-order valence-electron chi connectivity index (χ2n) is 24.1. The van der Waals surface area contributed by atoms with E-state index in [1.807, 2.05) is 150 Å². The molecule has 5 aromatic rings. The number of nitrogens with one attached hydrogen (secondary N) is 1. The summed E-state index contributed by atoms with van der Waals surface area (Å²) < 4.78 is 26.4. The Balaban J connectivity index is 0.00000127. The molecule has 2 aromatic heterocycles. The molecule has 5 amide bonds. The molecule has 1 N–H and O–H groups in total. The molecule has 2 heterocycles. The average molecular weight is 1430 g/mol. The number of amides is 5. The molecule has 0 aliphatic heterocycles. The predicted molar refractivity (Wildman–Crippen MR) is 414 cm³/mol. The van der Waals surface area contributed by atoms with E-state index in [-0.39, 0.29) is 69.2 Å². The van der Waals surface area contributed by atoms with E-state index in [0.717, 1.165) is 50.9 Å². The van der Waals surface area contributed by atoms with Crippen molar-refractivity contribution >= 4 is 30.5 Å². The highest BCUT2D eigenvalue weighted by Gasteiger charge is 2.20. The van der Waals surface area contributed by atoms with E-state index in [0.29, 0.717) is 107 Å². The lowest BCUT2D eigenvalue weighted by molar-refractivity contribution is 0.104. The van der Waals surface area contributed by atoms with Crippen LogP contribution >= 0.6 is 0 Å². The van der Waals surface area contributed by atoms with Crippen LogP contribution in [0.3, 0.4) is 0 Å². The maximum absolute atomic E-state index is 11.7. The number of rotatable bonds is 27. The van der Waals surface area contributed by atoms with Gasteiger partial charge in [-0.3, -0.25) is 39.5 Å². The maximum atomic E-state index is 11.7. The molecular weight excluding hydrogens is 1320 g/mol. The average Bonchev–Trinajstić information content (AvgIpc) is 0.868. The Bertz CT molecular complexity index is 3470. The van der Waals surface area contributed by atoms with Gasteiger partial charge in [-0.2, -0.15) is 0 Å². The van der Waals surface area contributed by atoms with Gasteiger partial charge in [0.1, 0.15) is 30.5 Å². The summed E-state index contributed by atoms with van der Waals surface area (Å²) in [5.41, 5.74) is 9.42. The first-order valence-electron chi connectivity index (χ1n) is 34.0. The minimum absolute atomic E-state index is 0. The quantitative estimate of drug-likeness (QED) is 0.0381. The standard InChI is InChI=1S/C16H24N4O2.3C16H22N2O2.C15H22N4O2.CH4/c1-7-9-19(5)10-14-12(3)18-15(13(4)17-14)11-22-16(21)20(6)8-2;3*1-6-11-18(5)13(3)14-9-8-10-15(12-14)20-16(19)17(4)7-2;1-6-8-16-9-13-11(3)18-14(12(4)17-13)10-21-15(20)19(5)7-2;/h1H,8-11H2,2-6H3;3*1,8-10,12-13H,7,11H2,2-5H3;1,16H,7-10H2,2-5H3;1H4/t;2*13-;;;/m.10.../s1. The van der Waals surface area contributed by atoms with E-state index in [4.69, 9.17) is 55.8 Å². The third kappa shape index (κ3) is 34.2. The van der Waals surface area contributed by atoms with Crippen LogP contribution in [0, 0.1) is 89.4 Å². The van der Waals surface area contributed by atoms with Crippen molar-refractivity contribution in [2.75, 3.05) is 129 Å². The third-order valence-corrected chi connectivity index (χ3v) is 16.4. The molecule has 0 bridgehead atoms. The van der Waals surface area contributed by atoms with Gasteiger partial charge < -0.3 is 53.5 Å². The number of carbonyl (C=O) groups excluding carboxylic acids is 5. The molecular formula is C80H116N14O10. The molecule has 0 spiro atoms. The van der Waals surface area contributed by atoms with Gasteiger partial charge in [0.2, 0.25) is 0 Å². The van der Waals surface area contributed by atoms with Crippen molar-refractivity contribution in [1.29, 1.82) is 0 Å². The second kappa shape index (κ2) is 51.0. The Morgan fingerprint density at radius 2 is 0.692 bits per heavy atom. The number of benzene rings is 3. The summed E-state index contributed by atoms with van der Waals surface area (Å²) in [7, 11) is 16.3. The lowest BCUT2D eigenvalue weighted by Crippen LogP contribution is -2.29. The topological polar surface area (TPSA) is 224 Å². The molecule has 0 saturated heterocycles. The van der Waals surface area contributed by atoms with E-state index in [1.165, 1.54) is 24.5 Å². The van der Waals surface area contributed by atoms with Crippen molar-refractivity contribution in [3.63, 3.8) is 0 Å². The van der Waals surface area contributed by atoms with Crippen LogP contribution in [0.5, 0.6) is 17.2 Å². The summed E-state index contributed by atoms with van der Waals surface area (Å²) in [4.78, 5) is 92.2. The molecule has 5 rings (SSSR count). The van der Waals surface area contributed by atoms with Crippen LogP contribution in [0.1, 0.15) is 143 Å². The molecule has 24 nitrogen and oxygen atoms in total. The fourth-order valence-electron chi connectivity index (χ4n) is 8.48.